The minimum atomic E-state index is -4.98. The van der Waals surface area contributed by atoms with Gasteiger partial charge in [0.25, 0.3) is 5.89 Å². The SMILES string of the molecule is O=C(NC1CC2CC1CN2)c1ncc(-c2cccc(NC(=O)C(F)(F)F)c2)o1. The van der Waals surface area contributed by atoms with E-state index in [4.69, 9.17) is 4.42 Å². The molecule has 148 valence electrons. The Bertz CT molecular complexity index is 911. The Balaban J connectivity index is 1.44. The van der Waals surface area contributed by atoms with Gasteiger partial charge < -0.3 is 20.4 Å². The molecule has 1 saturated heterocycles. The first-order valence-electron chi connectivity index (χ1n) is 8.78. The van der Waals surface area contributed by atoms with Crippen LogP contribution in [0.3, 0.4) is 0 Å². The van der Waals surface area contributed by atoms with Crippen molar-refractivity contribution in [3.8, 4) is 11.3 Å². The lowest BCUT2D eigenvalue weighted by Gasteiger charge is -2.22. The number of anilines is 1. The smallest absolute Gasteiger partial charge is 0.432 e. The van der Waals surface area contributed by atoms with Crippen LogP contribution in [0.25, 0.3) is 11.3 Å². The number of nitrogens with zero attached hydrogens (tertiary/aromatic N) is 1. The van der Waals surface area contributed by atoms with Crippen molar-refractivity contribution in [2.75, 3.05) is 11.9 Å². The van der Waals surface area contributed by atoms with Gasteiger partial charge in [-0.2, -0.15) is 13.2 Å². The van der Waals surface area contributed by atoms with Crippen LogP contribution >= 0.6 is 0 Å². The summed E-state index contributed by atoms with van der Waals surface area (Å²) < 4.78 is 42.6. The van der Waals surface area contributed by atoms with Crippen LogP contribution in [-0.4, -0.2) is 41.6 Å². The van der Waals surface area contributed by atoms with Gasteiger partial charge in [0.15, 0.2) is 5.76 Å². The van der Waals surface area contributed by atoms with E-state index in [1.807, 2.05) is 0 Å². The molecule has 28 heavy (non-hydrogen) atoms. The predicted octanol–water partition coefficient (Wildman–Crippen LogP) is 2.32. The minimum Gasteiger partial charge on any atom is -0.432 e. The predicted molar refractivity (Wildman–Crippen MR) is 92.4 cm³/mol. The quantitative estimate of drug-likeness (QED) is 0.740. The maximum Gasteiger partial charge on any atom is 0.471 e. The van der Waals surface area contributed by atoms with E-state index in [1.54, 1.807) is 11.4 Å². The van der Waals surface area contributed by atoms with Gasteiger partial charge in [0.05, 0.1) is 6.20 Å². The molecule has 3 unspecified atom stereocenters. The third-order valence-electron chi connectivity index (χ3n) is 5.04. The first-order valence-corrected chi connectivity index (χ1v) is 8.78. The van der Waals surface area contributed by atoms with Crippen molar-refractivity contribution in [1.82, 2.24) is 15.6 Å². The number of nitrogens with one attached hydrogen (secondary N) is 3. The third-order valence-corrected chi connectivity index (χ3v) is 5.04. The highest BCUT2D eigenvalue weighted by molar-refractivity contribution is 5.95. The van der Waals surface area contributed by atoms with E-state index in [0.717, 1.165) is 19.4 Å². The van der Waals surface area contributed by atoms with Crippen molar-refractivity contribution in [3.63, 3.8) is 0 Å². The minimum absolute atomic E-state index is 0.0447. The fourth-order valence-electron chi connectivity index (χ4n) is 3.71. The number of carbonyl (C=O) groups excluding carboxylic acids is 2. The molecule has 3 atom stereocenters. The number of rotatable bonds is 4. The summed E-state index contributed by atoms with van der Waals surface area (Å²) in [4.78, 5) is 27.4. The second kappa shape index (κ2) is 6.93. The number of amides is 2. The van der Waals surface area contributed by atoms with Crippen molar-refractivity contribution in [2.45, 2.75) is 31.1 Å². The van der Waals surface area contributed by atoms with E-state index in [9.17, 15) is 22.8 Å². The summed E-state index contributed by atoms with van der Waals surface area (Å²) in [7, 11) is 0. The number of piperidine rings is 1. The summed E-state index contributed by atoms with van der Waals surface area (Å²) in [6, 6.07) is 6.19. The molecule has 7 nitrogen and oxygen atoms in total. The molecule has 1 saturated carbocycles. The standard InChI is InChI=1S/C18H17F3N4O3/c19-18(20,21)17(27)24-11-3-1-2-9(4-11)14-8-23-16(28-14)15(26)25-13-6-12-5-10(13)7-22-12/h1-4,8,10,12-13,22H,5-7H2,(H,24,27)(H,25,26). The monoisotopic (exact) mass is 394 g/mol. The number of fused-ring (bicyclic) bond motifs is 2. The molecule has 2 bridgehead atoms. The number of hydrogen-bond donors (Lipinski definition) is 3. The van der Waals surface area contributed by atoms with Crippen LogP contribution < -0.4 is 16.0 Å². The summed E-state index contributed by atoms with van der Waals surface area (Å²) in [6.45, 7) is 0.878. The van der Waals surface area contributed by atoms with Crippen LogP contribution in [0.1, 0.15) is 23.5 Å². The molecule has 3 N–H and O–H groups in total. The second-order valence-electron chi connectivity index (χ2n) is 6.98. The van der Waals surface area contributed by atoms with E-state index in [-0.39, 0.29) is 23.4 Å². The highest BCUT2D eigenvalue weighted by atomic mass is 19.4. The van der Waals surface area contributed by atoms with Gasteiger partial charge in [-0.15, -0.1) is 0 Å². The lowest BCUT2D eigenvalue weighted by molar-refractivity contribution is -0.167. The fourth-order valence-corrected chi connectivity index (χ4v) is 3.71. The van der Waals surface area contributed by atoms with Crippen molar-refractivity contribution < 1.29 is 27.2 Å². The molecule has 1 aromatic carbocycles. The number of benzene rings is 1. The summed E-state index contributed by atoms with van der Waals surface area (Å²) in [6.07, 6.45) is -1.76. The van der Waals surface area contributed by atoms with Gasteiger partial charge in [-0.1, -0.05) is 12.1 Å². The van der Waals surface area contributed by atoms with Gasteiger partial charge >= 0.3 is 18.0 Å². The molecule has 1 aliphatic carbocycles. The van der Waals surface area contributed by atoms with Crippen LogP contribution in [0.15, 0.2) is 34.9 Å². The van der Waals surface area contributed by atoms with E-state index in [2.05, 4.69) is 15.6 Å². The molecular weight excluding hydrogens is 377 g/mol. The zero-order chi connectivity index (χ0) is 19.9. The Kier molecular flexibility index (Phi) is 4.58. The van der Waals surface area contributed by atoms with Gasteiger partial charge in [-0.3, -0.25) is 9.59 Å². The topological polar surface area (TPSA) is 96.3 Å². The molecule has 2 aromatic rings. The molecule has 0 spiro atoms. The summed E-state index contributed by atoms with van der Waals surface area (Å²) >= 11 is 0. The van der Waals surface area contributed by atoms with Gasteiger partial charge in [0.1, 0.15) is 0 Å². The first kappa shape index (κ1) is 18.5. The summed E-state index contributed by atoms with van der Waals surface area (Å²) in [5.74, 6) is -2.00. The highest BCUT2D eigenvalue weighted by Gasteiger charge is 2.40. The average Bonchev–Trinajstić information content (AvgIpc) is 3.38. The Morgan fingerprint density at radius 1 is 1.25 bits per heavy atom. The number of halogens is 3. The molecule has 2 heterocycles. The Morgan fingerprint density at radius 3 is 2.75 bits per heavy atom. The van der Waals surface area contributed by atoms with Crippen LogP contribution in [-0.2, 0) is 4.79 Å². The molecular formula is C18H17F3N4O3. The Labute approximate surface area is 157 Å². The molecule has 2 fully saturated rings. The van der Waals surface area contributed by atoms with Gasteiger partial charge in [-0.25, -0.2) is 4.98 Å². The van der Waals surface area contributed by atoms with Crippen molar-refractivity contribution in [1.29, 1.82) is 0 Å². The summed E-state index contributed by atoms with van der Waals surface area (Å²) in [5.41, 5.74) is 0.340. The highest BCUT2D eigenvalue weighted by Crippen LogP contribution is 2.31. The molecule has 1 aliphatic heterocycles. The van der Waals surface area contributed by atoms with Crippen LogP contribution in [0.5, 0.6) is 0 Å². The van der Waals surface area contributed by atoms with Crippen molar-refractivity contribution >= 4 is 17.5 Å². The molecule has 4 rings (SSSR count). The number of alkyl halides is 3. The van der Waals surface area contributed by atoms with Gasteiger partial charge in [0.2, 0.25) is 0 Å². The normalized spacial score (nSPS) is 23.6. The lowest BCUT2D eigenvalue weighted by atomic mass is 10.0. The zero-order valence-electron chi connectivity index (χ0n) is 14.5. The molecule has 2 aliphatic rings. The average molecular weight is 394 g/mol. The van der Waals surface area contributed by atoms with E-state index < -0.39 is 18.0 Å². The maximum atomic E-state index is 12.4. The van der Waals surface area contributed by atoms with Gasteiger partial charge in [-0.05, 0) is 30.9 Å². The van der Waals surface area contributed by atoms with Gasteiger partial charge in [0, 0.05) is 29.9 Å². The Morgan fingerprint density at radius 2 is 2.07 bits per heavy atom. The lowest BCUT2D eigenvalue weighted by Crippen LogP contribution is -2.44. The number of aromatic nitrogens is 1. The molecule has 0 radical (unpaired) electrons. The molecule has 10 heteroatoms. The van der Waals surface area contributed by atoms with E-state index in [1.165, 1.54) is 24.4 Å². The number of hydrogen-bond acceptors (Lipinski definition) is 5. The van der Waals surface area contributed by atoms with Crippen molar-refractivity contribution in [2.24, 2.45) is 5.92 Å². The molecule has 2 amide bonds. The largest absolute Gasteiger partial charge is 0.471 e. The zero-order valence-corrected chi connectivity index (χ0v) is 14.5. The van der Waals surface area contributed by atoms with Crippen LogP contribution in [0.4, 0.5) is 18.9 Å². The first-order chi connectivity index (χ1) is 13.3. The third kappa shape index (κ3) is 3.72. The number of oxazole rings is 1. The molecule has 1 aromatic heterocycles. The number of carbonyl (C=O) groups is 2. The van der Waals surface area contributed by atoms with E-state index in [0.29, 0.717) is 17.5 Å². The van der Waals surface area contributed by atoms with Crippen LogP contribution in [0.2, 0.25) is 0 Å². The Hall–Kier alpha value is -2.88. The maximum absolute atomic E-state index is 12.4. The van der Waals surface area contributed by atoms with Crippen molar-refractivity contribution in [3.05, 3.63) is 36.4 Å². The second-order valence-corrected chi connectivity index (χ2v) is 6.98. The summed E-state index contributed by atoms with van der Waals surface area (Å²) in [5, 5.41) is 8.06. The van der Waals surface area contributed by atoms with E-state index >= 15 is 0 Å². The van der Waals surface area contributed by atoms with Crippen LogP contribution in [0, 0.1) is 5.92 Å². The fraction of sp³-hybridized carbons (Fsp3) is 0.389.